The summed E-state index contributed by atoms with van der Waals surface area (Å²) in [7, 11) is 0. The second-order valence-corrected chi connectivity index (χ2v) is 4.94. The van der Waals surface area contributed by atoms with Gasteiger partial charge in [0.25, 0.3) is 0 Å². The van der Waals surface area contributed by atoms with Gasteiger partial charge in [-0.1, -0.05) is 79.7 Å². The summed E-state index contributed by atoms with van der Waals surface area (Å²) in [6.45, 7) is 2.26. The quantitative estimate of drug-likeness (QED) is 0.582. The van der Waals surface area contributed by atoms with E-state index in [1.54, 1.807) is 0 Å². The molecule has 0 nitrogen and oxygen atoms in total. The van der Waals surface area contributed by atoms with Crippen molar-refractivity contribution in [3.8, 4) is 0 Å². The third-order valence-electron chi connectivity index (χ3n) is 3.81. The van der Waals surface area contributed by atoms with E-state index in [2.05, 4.69) is 79.7 Å². The lowest BCUT2D eigenvalue weighted by molar-refractivity contribution is 0.784. The van der Waals surface area contributed by atoms with Crippen LogP contribution in [0.25, 0.3) is 10.8 Å². The van der Waals surface area contributed by atoms with Crippen molar-refractivity contribution >= 4 is 10.8 Å². The summed E-state index contributed by atoms with van der Waals surface area (Å²) in [6, 6.07) is 26.1. The Morgan fingerprint density at radius 3 is 2.21 bits per heavy atom. The van der Waals surface area contributed by atoms with Crippen molar-refractivity contribution in [3.63, 3.8) is 0 Å². The van der Waals surface area contributed by atoms with Crippen LogP contribution in [-0.2, 0) is 0 Å². The minimum atomic E-state index is 0.479. The Labute approximate surface area is 114 Å². The van der Waals surface area contributed by atoms with Crippen LogP contribution in [0.15, 0.2) is 72.8 Å². The van der Waals surface area contributed by atoms with Crippen molar-refractivity contribution in [1.29, 1.82) is 0 Å². The van der Waals surface area contributed by atoms with Gasteiger partial charge in [-0.2, -0.15) is 0 Å². The van der Waals surface area contributed by atoms with Crippen LogP contribution >= 0.6 is 0 Å². The highest BCUT2D eigenvalue weighted by atomic mass is 14.2. The lowest BCUT2D eigenvalue weighted by Gasteiger charge is -2.18. The molecule has 1 atom stereocenters. The lowest BCUT2D eigenvalue weighted by atomic mass is 9.86. The highest BCUT2D eigenvalue weighted by Gasteiger charge is 2.13. The van der Waals surface area contributed by atoms with E-state index < -0.39 is 0 Å². The minimum absolute atomic E-state index is 0.479. The number of fused-ring (bicyclic) bond motifs is 1. The molecule has 0 amide bonds. The SMILES string of the molecule is CCC(c1ccccc1)c1cccc2ccccc12. The fourth-order valence-electron chi connectivity index (χ4n) is 2.87. The second-order valence-electron chi connectivity index (χ2n) is 4.94. The molecular weight excluding hydrogens is 228 g/mol. The fraction of sp³-hybridized carbons (Fsp3) is 0.158. The maximum absolute atomic E-state index is 2.27. The lowest BCUT2D eigenvalue weighted by Crippen LogP contribution is -2.00. The largest absolute Gasteiger partial charge is 0.0645 e. The summed E-state index contributed by atoms with van der Waals surface area (Å²) in [5.74, 6) is 0.479. The van der Waals surface area contributed by atoms with Gasteiger partial charge in [0, 0.05) is 5.92 Å². The van der Waals surface area contributed by atoms with Gasteiger partial charge < -0.3 is 0 Å². The van der Waals surface area contributed by atoms with E-state index in [-0.39, 0.29) is 0 Å². The van der Waals surface area contributed by atoms with Crippen LogP contribution in [0.4, 0.5) is 0 Å². The second kappa shape index (κ2) is 5.27. The van der Waals surface area contributed by atoms with Crippen molar-refractivity contribution in [2.45, 2.75) is 19.3 Å². The molecule has 0 aliphatic heterocycles. The zero-order chi connectivity index (χ0) is 13.1. The molecule has 0 fully saturated rings. The van der Waals surface area contributed by atoms with Crippen LogP contribution in [0.2, 0.25) is 0 Å². The summed E-state index contributed by atoms with van der Waals surface area (Å²) in [4.78, 5) is 0. The number of hydrogen-bond acceptors (Lipinski definition) is 0. The zero-order valence-electron chi connectivity index (χ0n) is 11.2. The summed E-state index contributed by atoms with van der Waals surface area (Å²) in [5, 5.41) is 2.70. The van der Waals surface area contributed by atoms with Crippen LogP contribution in [0, 0.1) is 0 Å². The Hall–Kier alpha value is -2.08. The molecule has 0 aliphatic carbocycles. The monoisotopic (exact) mass is 246 g/mol. The van der Waals surface area contributed by atoms with E-state index >= 15 is 0 Å². The topological polar surface area (TPSA) is 0 Å². The highest BCUT2D eigenvalue weighted by molar-refractivity contribution is 5.86. The molecule has 0 aliphatic rings. The molecule has 3 aromatic rings. The van der Waals surface area contributed by atoms with E-state index in [0.29, 0.717) is 5.92 Å². The molecule has 0 aromatic heterocycles. The Kier molecular flexibility index (Phi) is 3.33. The standard InChI is InChI=1S/C19H18/c1-2-17(15-9-4-3-5-10-15)19-14-8-12-16-11-6-7-13-18(16)19/h3-14,17H,2H2,1H3. The van der Waals surface area contributed by atoms with Crippen molar-refractivity contribution in [1.82, 2.24) is 0 Å². The first-order valence-corrected chi connectivity index (χ1v) is 6.92. The van der Waals surface area contributed by atoms with Gasteiger partial charge in [-0.3, -0.25) is 0 Å². The van der Waals surface area contributed by atoms with Gasteiger partial charge in [-0.25, -0.2) is 0 Å². The molecule has 0 saturated heterocycles. The van der Waals surface area contributed by atoms with Gasteiger partial charge in [0.05, 0.1) is 0 Å². The highest BCUT2D eigenvalue weighted by Crippen LogP contribution is 2.32. The van der Waals surface area contributed by atoms with E-state index in [1.165, 1.54) is 21.9 Å². The molecule has 1 unspecified atom stereocenters. The molecule has 0 N–H and O–H groups in total. The van der Waals surface area contributed by atoms with Gasteiger partial charge in [-0.05, 0) is 28.3 Å². The van der Waals surface area contributed by atoms with Crippen LogP contribution in [0.5, 0.6) is 0 Å². The molecular formula is C19H18. The Morgan fingerprint density at radius 1 is 0.737 bits per heavy atom. The predicted molar refractivity (Wildman–Crippen MR) is 82.5 cm³/mol. The molecule has 0 bridgehead atoms. The van der Waals surface area contributed by atoms with Crippen molar-refractivity contribution < 1.29 is 0 Å². The first-order chi connectivity index (χ1) is 9.40. The molecule has 0 heterocycles. The average Bonchev–Trinajstić information content (AvgIpc) is 2.49. The van der Waals surface area contributed by atoms with Crippen LogP contribution in [0.1, 0.15) is 30.4 Å². The van der Waals surface area contributed by atoms with Gasteiger partial charge in [0.15, 0.2) is 0 Å². The first kappa shape index (κ1) is 12.0. The molecule has 0 spiro atoms. The summed E-state index contributed by atoms with van der Waals surface area (Å²) in [5.41, 5.74) is 2.84. The van der Waals surface area contributed by atoms with Gasteiger partial charge in [-0.15, -0.1) is 0 Å². The molecule has 0 heteroatoms. The van der Waals surface area contributed by atoms with E-state index in [9.17, 15) is 0 Å². The van der Waals surface area contributed by atoms with E-state index in [1.807, 2.05) is 0 Å². The van der Waals surface area contributed by atoms with Crippen LogP contribution in [-0.4, -0.2) is 0 Å². The molecule has 94 valence electrons. The molecule has 3 aromatic carbocycles. The summed E-state index contributed by atoms with van der Waals surface area (Å²) in [6.07, 6.45) is 1.12. The summed E-state index contributed by atoms with van der Waals surface area (Å²) >= 11 is 0. The predicted octanol–water partition coefficient (Wildman–Crippen LogP) is 5.38. The van der Waals surface area contributed by atoms with Gasteiger partial charge in [0.2, 0.25) is 0 Å². The maximum Gasteiger partial charge on any atom is 0.00928 e. The molecule has 0 saturated carbocycles. The van der Waals surface area contributed by atoms with Crippen LogP contribution in [0.3, 0.4) is 0 Å². The van der Waals surface area contributed by atoms with Crippen LogP contribution < -0.4 is 0 Å². The van der Waals surface area contributed by atoms with Crippen molar-refractivity contribution in [3.05, 3.63) is 83.9 Å². The molecule has 19 heavy (non-hydrogen) atoms. The normalized spacial score (nSPS) is 12.5. The zero-order valence-corrected chi connectivity index (χ0v) is 11.2. The number of rotatable bonds is 3. The van der Waals surface area contributed by atoms with Gasteiger partial charge >= 0.3 is 0 Å². The van der Waals surface area contributed by atoms with E-state index in [4.69, 9.17) is 0 Å². The van der Waals surface area contributed by atoms with Crippen molar-refractivity contribution in [2.75, 3.05) is 0 Å². The maximum atomic E-state index is 2.27. The molecule has 0 radical (unpaired) electrons. The summed E-state index contributed by atoms with van der Waals surface area (Å²) < 4.78 is 0. The number of hydrogen-bond donors (Lipinski definition) is 0. The Bertz CT molecular complexity index is 662. The van der Waals surface area contributed by atoms with E-state index in [0.717, 1.165) is 6.42 Å². The number of benzene rings is 3. The fourth-order valence-corrected chi connectivity index (χ4v) is 2.87. The Balaban J connectivity index is 2.17. The van der Waals surface area contributed by atoms with Gasteiger partial charge in [0.1, 0.15) is 0 Å². The minimum Gasteiger partial charge on any atom is -0.0645 e. The third kappa shape index (κ3) is 2.26. The molecule has 3 rings (SSSR count). The third-order valence-corrected chi connectivity index (χ3v) is 3.81. The first-order valence-electron chi connectivity index (χ1n) is 6.92. The smallest absolute Gasteiger partial charge is 0.00928 e. The van der Waals surface area contributed by atoms with Crippen molar-refractivity contribution in [2.24, 2.45) is 0 Å². The Morgan fingerprint density at radius 2 is 1.42 bits per heavy atom. The average molecular weight is 246 g/mol.